The number of ether oxygens (including phenoxy) is 2. The van der Waals surface area contributed by atoms with Crippen LogP contribution in [0.5, 0.6) is 0 Å². The Morgan fingerprint density at radius 2 is 0.860 bits per heavy atom. The highest BCUT2D eigenvalue weighted by Gasteiger charge is 2.16. The van der Waals surface area contributed by atoms with Crippen molar-refractivity contribution in [2.24, 2.45) is 0 Å². The van der Waals surface area contributed by atoms with Crippen LogP contribution in [0.2, 0.25) is 0 Å². The molecule has 0 radical (unpaired) electrons. The van der Waals surface area contributed by atoms with Crippen LogP contribution >= 0.6 is 0 Å². The Morgan fingerprint density at radius 1 is 0.480 bits per heavy atom. The fourth-order valence-electron chi connectivity index (χ4n) is 5.15. The van der Waals surface area contributed by atoms with E-state index in [9.17, 15) is 14.7 Å². The zero-order chi connectivity index (χ0) is 36.4. The molecule has 50 heavy (non-hydrogen) atoms. The predicted molar refractivity (Wildman–Crippen MR) is 214 cm³/mol. The first-order valence-corrected chi connectivity index (χ1v) is 20.1. The Hall–Kier alpha value is -2.92. The Labute approximate surface area is 307 Å². The third-order valence-electron chi connectivity index (χ3n) is 8.15. The number of aliphatic hydroxyl groups is 1. The Kier molecular flexibility index (Phi) is 38.1. The fourth-order valence-corrected chi connectivity index (χ4v) is 5.15. The highest BCUT2D eigenvalue weighted by atomic mass is 16.6. The van der Waals surface area contributed by atoms with Gasteiger partial charge in [-0.2, -0.15) is 0 Å². The van der Waals surface area contributed by atoms with Crippen LogP contribution < -0.4 is 0 Å². The number of aliphatic hydroxyl groups excluding tert-OH is 1. The summed E-state index contributed by atoms with van der Waals surface area (Å²) in [5, 5.41) is 9.55. The molecule has 0 bridgehead atoms. The molecule has 0 spiro atoms. The monoisotopic (exact) mass is 695 g/mol. The van der Waals surface area contributed by atoms with E-state index in [2.05, 4.69) is 98.9 Å². The van der Waals surface area contributed by atoms with Gasteiger partial charge in [0, 0.05) is 12.8 Å². The summed E-state index contributed by atoms with van der Waals surface area (Å²) in [5.41, 5.74) is 0. The molecular weight excluding hydrogens is 620 g/mol. The zero-order valence-electron chi connectivity index (χ0n) is 32.1. The van der Waals surface area contributed by atoms with Gasteiger partial charge in [-0.25, -0.2) is 0 Å². The molecule has 284 valence electrons. The molecule has 0 aliphatic heterocycles. The lowest BCUT2D eigenvalue weighted by atomic mass is 10.1. The summed E-state index contributed by atoms with van der Waals surface area (Å²) in [4.78, 5) is 24.3. The van der Waals surface area contributed by atoms with E-state index >= 15 is 0 Å². The minimum Gasteiger partial charge on any atom is -0.462 e. The van der Waals surface area contributed by atoms with E-state index in [0.717, 1.165) is 96.3 Å². The summed E-state index contributed by atoms with van der Waals surface area (Å²) in [6.07, 6.45) is 55.0. The number of carbonyl (C=O) groups is 2. The summed E-state index contributed by atoms with van der Waals surface area (Å²) < 4.78 is 10.6. The molecule has 0 rings (SSSR count). The van der Waals surface area contributed by atoms with Crippen molar-refractivity contribution in [3.05, 3.63) is 85.1 Å². The largest absolute Gasteiger partial charge is 0.462 e. The van der Waals surface area contributed by atoms with Crippen LogP contribution in [0.1, 0.15) is 168 Å². The van der Waals surface area contributed by atoms with Crippen LogP contribution in [-0.4, -0.2) is 36.4 Å². The van der Waals surface area contributed by atoms with Gasteiger partial charge in [-0.15, -0.1) is 0 Å². The van der Waals surface area contributed by atoms with Crippen molar-refractivity contribution in [3.63, 3.8) is 0 Å². The number of esters is 2. The highest BCUT2D eigenvalue weighted by molar-refractivity contribution is 5.70. The van der Waals surface area contributed by atoms with Gasteiger partial charge in [-0.3, -0.25) is 9.59 Å². The van der Waals surface area contributed by atoms with Crippen molar-refractivity contribution in [1.29, 1.82) is 0 Å². The Morgan fingerprint density at radius 3 is 1.30 bits per heavy atom. The van der Waals surface area contributed by atoms with Gasteiger partial charge in [0.15, 0.2) is 6.10 Å². The van der Waals surface area contributed by atoms with Crippen LogP contribution in [0.15, 0.2) is 85.1 Å². The van der Waals surface area contributed by atoms with Crippen LogP contribution in [-0.2, 0) is 19.1 Å². The molecule has 1 atom stereocenters. The molecular formula is C45H74O5. The third-order valence-corrected chi connectivity index (χ3v) is 8.15. The molecule has 0 aromatic heterocycles. The van der Waals surface area contributed by atoms with E-state index in [4.69, 9.17) is 9.47 Å². The van der Waals surface area contributed by atoms with Crippen molar-refractivity contribution in [2.45, 2.75) is 174 Å². The van der Waals surface area contributed by atoms with Gasteiger partial charge < -0.3 is 14.6 Å². The van der Waals surface area contributed by atoms with Gasteiger partial charge in [0.1, 0.15) is 6.61 Å². The van der Waals surface area contributed by atoms with E-state index in [-0.39, 0.29) is 25.2 Å². The summed E-state index contributed by atoms with van der Waals surface area (Å²) >= 11 is 0. The van der Waals surface area contributed by atoms with Crippen molar-refractivity contribution < 1.29 is 24.2 Å². The summed E-state index contributed by atoms with van der Waals surface area (Å²) in [6.45, 7) is 3.92. The van der Waals surface area contributed by atoms with Crippen LogP contribution in [0.3, 0.4) is 0 Å². The lowest BCUT2D eigenvalue weighted by Gasteiger charge is -2.15. The smallest absolute Gasteiger partial charge is 0.306 e. The van der Waals surface area contributed by atoms with E-state index in [0.29, 0.717) is 12.8 Å². The molecule has 0 amide bonds. The second-order valence-corrected chi connectivity index (χ2v) is 13.0. The molecule has 0 saturated heterocycles. The van der Waals surface area contributed by atoms with E-state index in [1.54, 1.807) is 0 Å². The number of hydrogen-bond acceptors (Lipinski definition) is 5. The second kappa shape index (κ2) is 40.5. The zero-order valence-corrected chi connectivity index (χ0v) is 32.1. The molecule has 0 fully saturated rings. The lowest BCUT2D eigenvalue weighted by Crippen LogP contribution is -2.28. The van der Waals surface area contributed by atoms with Crippen LogP contribution in [0, 0.1) is 0 Å². The summed E-state index contributed by atoms with van der Waals surface area (Å²) in [5.74, 6) is -0.628. The topological polar surface area (TPSA) is 72.8 Å². The van der Waals surface area contributed by atoms with Gasteiger partial charge in [-0.05, 0) is 83.5 Å². The first-order valence-electron chi connectivity index (χ1n) is 20.1. The van der Waals surface area contributed by atoms with Gasteiger partial charge in [0.05, 0.1) is 6.61 Å². The van der Waals surface area contributed by atoms with E-state index in [1.165, 1.54) is 44.9 Å². The SMILES string of the molecule is CC/C=C\C/C=C\C/C=C\C/C=C\C/C=C\CCCCCCCCCC(=O)OC(CO)COC(=O)CCCCCCC/C=C\C/C=C\CCC. The van der Waals surface area contributed by atoms with Gasteiger partial charge in [0.2, 0.25) is 0 Å². The first-order chi connectivity index (χ1) is 24.6. The Balaban J connectivity index is 3.63. The van der Waals surface area contributed by atoms with Crippen molar-refractivity contribution in [2.75, 3.05) is 13.2 Å². The van der Waals surface area contributed by atoms with Crippen molar-refractivity contribution >= 4 is 11.9 Å². The fraction of sp³-hybridized carbons (Fsp3) is 0.644. The molecule has 0 aromatic carbocycles. The number of rotatable bonds is 35. The maximum atomic E-state index is 12.2. The quantitative estimate of drug-likeness (QED) is 0.0406. The molecule has 0 heterocycles. The molecule has 1 N–H and O–H groups in total. The maximum absolute atomic E-state index is 12.2. The normalized spacial score (nSPS) is 13.1. The molecule has 0 aromatic rings. The Bertz CT molecular complexity index is 968. The predicted octanol–water partition coefficient (Wildman–Crippen LogP) is 12.7. The average molecular weight is 695 g/mol. The standard InChI is InChI=1S/C45H74O5/c1-3-5-7-9-11-13-15-17-18-19-20-21-22-23-24-25-26-28-30-32-34-36-38-40-45(48)50-43(41-46)42-49-44(47)39-37-35-33-31-29-27-16-14-12-10-8-6-4-2/h5,7-8,10-11,13-14,16-18,20-21,23-24,43,46H,3-4,6,9,12,15,19,22,25-42H2,1-2H3/b7-5-,10-8-,13-11-,16-14-,18-17-,21-20-,24-23-. The van der Waals surface area contributed by atoms with Crippen LogP contribution in [0.25, 0.3) is 0 Å². The highest BCUT2D eigenvalue weighted by Crippen LogP contribution is 2.12. The van der Waals surface area contributed by atoms with E-state index in [1.807, 2.05) is 0 Å². The number of hydrogen-bond donors (Lipinski definition) is 1. The van der Waals surface area contributed by atoms with Gasteiger partial charge in [-0.1, -0.05) is 157 Å². The summed E-state index contributed by atoms with van der Waals surface area (Å²) in [7, 11) is 0. The number of carbonyl (C=O) groups excluding carboxylic acids is 2. The molecule has 0 aliphatic carbocycles. The molecule has 5 nitrogen and oxygen atoms in total. The third kappa shape index (κ3) is 37.9. The van der Waals surface area contributed by atoms with Crippen molar-refractivity contribution in [3.8, 4) is 0 Å². The minimum atomic E-state index is -0.787. The van der Waals surface area contributed by atoms with Gasteiger partial charge >= 0.3 is 11.9 Å². The summed E-state index contributed by atoms with van der Waals surface area (Å²) in [6, 6.07) is 0. The maximum Gasteiger partial charge on any atom is 0.306 e. The first kappa shape index (κ1) is 47.1. The minimum absolute atomic E-state index is 0.0827. The number of allylic oxidation sites excluding steroid dienone is 14. The molecule has 0 aliphatic rings. The van der Waals surface area contributed by atoms with E-state index < -0.39 is 6.10 Å². The number of unbranched alkanes of at least 4 members (excludes halogenated alkanes) is 13. The molecule has 0 saturated carbocycles. The van der Waals surface area contributed by atoms with Crippen LogP contribution in [0.4, 0.5) is 0 Å². The lowest BCUT2D eigenvalue weighted by molar-refractivity contribution is -0.161. The van der Waals surface area contributed by atoms with Crippen molar-refractivity contribution in [1.82, 2.24) is 0 Å². The molecule has 1 unspecified atom stereocenters. The van der Waals surface area contributed by atoms with Gasteiger partial charge in [0.25, 0.3) is 0 Å². The second-order valence-electron chi connectivity index (χ2n) is 13.0. The average Bonchev–Trinajstić information content (AvgIpc) is 3.12. The molecule has 5 heteroatoms.